The van der Waals surface area contributed by atoms with Gasteiger partial charge in [0.05, 0.1) is 18.1 Å². The Hall–Kier alpha value is -2.00. The van der Waals surface area contributed by atoms with E-state index >= 15 is 0 Å². The number of hydrogen-bond acceptors (Lipinski definition) is 6. The third-order valence-corrected chi connectivity index (χ3v) is 3.41. The maximum absolute atomic E-state index is 12.1. The second kappa shape index (κ2) is 6.64. The van der Waals surface area contributed by atoms with Crippen molar-refractivity contribution in [2.24, 2.45) is 7.05 Å². The summed E-state index contributed by atoms with van der Waals surface area (Å²) < 4.78 is 6.49. The van der Waals surface area contributed by atoms with E-state index in [0.29, 0.717) is 26.3 Å². The zero-order valence-corrected chi connectivity index (χ0v) is 12.2. The fourth-order valence-corrected chi connectivity index (χ4v) is 2.36. The van der Waals surface area contributed by atoms with Crippen LogP contribution in [0.15, 0.2) is 0 Å². The van der Waals surface area contributed by atoms with Crippen LogP contribution in [0.3, 0.4) is 0 Å². The minimum Gasteiger partial charge on any atom is -0.379 e. The highest BCUT2D eigenvalue weighted by atomic mass is 16.6. The largest absolute Gasteiger partial charge is 0.379 e. The van der Waals surface area contributed by atoms with E-state index in [0.717, 1.165) is 13.1 Å². The van der Waals surface area contributed by atoms with Crippen LogP contribution in [0.1, 0.15) is 16.2 Å². The monoisotopic (exact) mass is 297 g/mol. The van der Waals surface area contributed by atoms with Crippen LogP contribution in [0.25, 0.3) is 0 Å². The first-order chi connectivity index (χ1) is 10.0. The number of nitrogens with one attached hydrogen (secondary N) is 1. The van der Waals surface area contributed by atoms with Crippen molar-refractivity contribution in [3.05, 3.63) is 21.5 Å². The number of amides is 1. The summed E-state index contributed by atoms with van der Waals surface area (Å²) in [6.45, 7) is 5.70. The molecule has 0 spiro atoms. The van der Waals surface area contributed by atoms with Gasteiger partial charge in [0.1, 0.15) is 5.69 Å². The number of nitrogens with zero attached hydrogens (tertiary/aromatic N) is 4. The van der Waals surface area contributed by atoms with E-state index in [1.165, 1.54) is 18.7 Å². The lowest BCUT2D eigenvalue weighted by molar-refractivity contribution is -0.385. The predicted octanol–water partition coefficient (Wildman–Crippen LogP) is -0.301. The lowest BCUT2D eigenvalue weighted by atomic mass is 10.3. The summed E-state index contributed by atoms with van der Waals surface area (Å²) in [4.78, 5) is 24.8. The lowest BCUT2D eigenvalue weighted by Gasteiger charge is -2.26. The third-order valence-electron chi connectivity index (χ3n) is 3.41. The Labute approximate surface area is 122 Å². The minimum atomic E-state index is -0.570. The molecule has 1 N–H and O–H groups in total. The van der Waals surface area contributed by atoms with Crippen molar-refractivity contribution in [1.29, 1.82) is 0 Å². The first-order valence-electron chi connectivity index (χ1n) is 6.77. The molecule has 9 nitrogen and oxygen atoms in total. The molecule has 0 radical (unpaired) electrons. The highest BCUT2D eigenvalue weighted by molar-refractivity contribution is 5.96. The Kier molecular flexibility index (Phi) is 4.86. The summed E-state index contributed by atoms with van der Waals surface area (Å²) >= 11 is 0. The van der Waals surface area contributed by atoms with Crippen LogP contribution in [0.5, 0.6) is 0 Å². The number of rotatable bonds is 5. The average molecular weight is 297 g/mol. The van der Waals surface area contributed by atoms with Gasteiger partial charge in [-0.15, -0.1) is 0 Å². The number of carbonyl (C=O) groups excluding carboxylic acids is 1. The number of carbonyl (C=O) groups is 1. The Morgan fingerprint density at radius 1 is 1.48 bits per heavy atom. The number of aromatic nitrogens is 2. The molecule has 116 valence electrons. The van der Waals surface area contributed by atoms with Crippen molar-refractivity contribution in [1.82, 2.24) is 20.0 Å². The molecule has 0 bridgehead atoms. The highest BCUT2D eigenvalue weighted by Crippen LogP contribution is 2.21. The van der Waals surface area contributed by atoms with E-state index in [9.17, 15) is 14.9 Å². The van der Waals surface area contributed by atoms with Crippen molar-refractivity contribution in [3.63, 3.8) is 0 Å². The van der Waals surface area contributed by atoms with Gasteiger partial charge in [0, 0.05) is 33.2 Å². The Balaban J connectivity index is 1.95. The van der Waals surface area contributed by atoms with Crippen molar-refractivity contribution in [3.8, 4) is 0 Å². The maximum Gasteiger partial charge on any atom is 0.322 e. The molecule has 1 saturated heterocycles. The molecule has 1 aromatic rings. The van der Waals surface area contributed by atoms with Crippen LogP contribution in [-0.2, 0) is 11.8 Å². The second-order valence-electron chi connectivity index (χ2n) is 4.87. The van der Waals surface area contributed by atoms with E-state index in [1.807, 2.05) is 0 Å². The SMILES string of the molecule is Cc1nn(C)c(C(=O)NCCN2CCOCC2)c1[N+](=O)[O-]. The van der Waals surface area contributed by atoms with Crippen LogP contribution in [0.4, 0.5) is 5.69 Å². The first-order valence-corrected chi connectivity index (χ1v) is 6.77. The van der Waals surface area contributed by atoms with Crippen molar-refractivity contribution in [2.75, 3.05) is 39.4 Å². The molecule has 2 rings (SSSR count). The van der Waals surface area contributed by atoms with Crippen LogP contribution < -0.4 is 5.32 Å². The van der Waals surface area contributed by atoms with Gasteiger partial charge in [-0.25, -0.2) is 0 Å². The molecule has 9 heteroatoms. The van der Waals surface area contributed by atoms with Crippen LogP contribution >= 0.6 is 0 Å². The molecule has 1 aliphatic rings. The van der Waals surface area contributed by atoms with Gasteiger partial charge in [0.2, 0.25) is 5.69 Å². The second-order valence-corrected chi connectivity index (χ2v) is 4.87. The van der Waals surface area contributed by atoms with Gasteiger partial charge in [-0.3, -0.25) is 24.5 Å². The topological polar surface area (TPSA) is 103 Å². The fraction of sp³-hybridized carbons (Fsp3) is 0.667. The summed E-state index contributed by atoms with van der Waals surface area (Å²) in [7, 11) is 1.52. The molecule has 0 unspecified atom stereocenters. The van der Waals surface area contributed by atoms with Gasteiger partial charge in [0.15, 0.2) is 0 Å². The molecular weight excluding hydrogens is 278 g/mol. The standard InChI is InChI=1S/C12H19N5O4/c1-9-10(17(19)20)11(15(2)14-9)12(18)13-3-4-16-5-7-21-8-6-16/h3-8H2,1-2H3,(H,13,18). The van der Waals surface area contributed by atoms with E-state index in [1.54, 1.807) is 0 Å². The zero-order valence-electron chi connectivity index (χ0n) is 12.2. The third kappa shape index (κ3) is 3.56. The molecule has 21 heavy (non-hydrogen) atoms. The summed E-state index contributed by atoms with van der Waals surface area (Å²) in [5.41, 5.74) is -0.0123. The summed E-state index contributed by atoms with van der Waals surface area (Å²) in [5.74, 6) is -0.474. The Bertz CT molecular complexity index is 536. The van der Waals surface area contributed by atoms with E-state index in [4.69, 9.17) is 4.74 Å². The highest BCUT2D eigenvalue weighted by Gasteiger charge is 2.29. The van der Waals surface area contributed by atoms with Gasteiger partial charge in [-0.05, 0) is 6.92 Å². The normalized spacial score (nSPS) is 15.9. The van der Waals surface area contributed by atoms with E-state index in [-0.39, 0.29) is 17.1 Å². The fourth-order valence-electron chi connectivity index (χ4n) is 2.36. The summed E-state index contributed by atoms with van der Waals surface area (Å²) in [6, 6.07) is 0. The Morgan fingerprint density at radius 3 is 2.76 bits per heavy atom. The van der Waals surface area contributed by atoms with Crippen LogP contribution in [-0.4, -0.2) is 64.9 Å². The number of nitro groups is 1. The quantitative estimate of drug-likeness (QED) is 0.591. The summed E-state index contributed by atoms with van der Waals surface area (Å²) in [5, 5.41) is 17.7. The van der Waals surface area contributed by atoms with Crippen molar-refractivity contribution >= 4 is 11.6 Å². The molecule has 2 heterocycles. The van der Waals surface area contributed by atoms with Gasteiger partial charge in [0.25, 0.3) is 5.91 Å². The molecule has 0 aliphatic carbocycles. The Morgan fingerprint density at radius 2 is 2.14 bits per heavy atom. The van der Waals surface area contributed by atoms with Crippen molar-refractivity contribution in [2.45, 2.75) is 6.92 Å². The maximum atomic E-state index is 12.1. The van der Waals surface area contributed by atoms with Gasteiger partial charge >= 0.3 is 5.69 Å². The number of aryl methyl sites for hydroxylation is 2. The number of hydrogen-bond donors (Lipinski definition) is 1. The minimum absolute atomic E-state index is 0.0144. The summed E-state index contributed by atoms with van der Waals surface area (Å²) in [6.07, 6.45) is 0. The zero-order chi connectivity index (χ0) is 15.4. The van der Waals surface area contributed by atoms with E-state index < -0.39 is 10.8 Å². The van der Waals surface area contributed by atoms with Gasteiger partial charge in [-0.1, -0.05) is 0 Å². The molecule has 1 aliphatic heterocycles. The molecule has 1 aromatic heterocycles. The molecular formula is C12H19N5O4. The van der Waals surface area contributed by atoms with Gasteiger partial charge < -0.3 is 10.1 Å². The number of ether oxygens (including phenoxy) is 1. The first kappa shape index (κ1) is 15.4. The lowest BCUT2D eigenvalue weighted by Crippen LogP contribution is -2.41. The molecule has 0 atom stereocenters. The van der Waals surface area contributed by atoms with Gasteiger partial charge in [-0.2, -0.15) is 5.10 Å². The van der Waals surface area contributed by atoms with Crippen LogP contribution in [0.2, 0.25) is 0 Å². The predicted molar refractivity (Wildman–Crippen MR) is 74.2 cm³/mol. The number of morpholine rings is 1. The smallest absolute Gasteiger partial charge is 0.322 e. The molecule has 1 fully saturated rings. The van der Waals surface area contributed by atoms with E-state index in [2.05, 4.69) is 15.3 Å². The molecule has 1 amide bonds. The molecule has 0 aromatic carbocycles. The van der Waals surface area contributed by atoms with Crippen LogP contribution in [0, 0.1) is 17.0 Å². The average Bonchev–Trinajstić information content (AvgIpc) is 2.74. The van der Waals surface area contributed by atoms with Crippen molar-refractivity contribution < 1.29 is 14.5 Å². The molecule has 0 saturated carbocycles.